The molecule has 0 aliphatic heterocycles. The molecule has 0 saturated heterocycles. The molecule has 4 aromatic rings. The van der Waals surface area contributed by atoms with E-state index in [1.165, 1.54) is 12.6 Å². The monoisotopic (exact) mass is 468 g/mol. The number of halogens is 1. The number of anilines is 2. The molecule has 0 radical (unpaired) electrons. The van der Waals surface area contributed by atoms with Crippen molar-refractivity contribution in [3.8, 4) is 11.1 Å². The lowest BCUT2D eigenvalue weighted by Crippen LogP contribution is -2.01. The fourth-order valence-corrected chi connectivity index (χ4v) is 4.23. The second-order valence-electron chi connectivity index (χ2n) is 6.74. The first-order valence-corrected chi connectivity index (χ1v) is 11.6. The van der Waals surface area contributed by atoms with Gasteiger partial charge in [0.15, 0.2) is 9.84 Å². The average molecular weight is 469 g/mol. The highest BCUT2D eigenvalue weighted by atomic mass is 79.9. The van der Waals surface area contributed by atoms with E-state index >= 15 is 0 Å². The molecular weight excluding hydrogens is 452 g/mol. The Hall–Kier alpha value is -2.84. The van der Waals surface area contributed by atoms with Crippen molar-refractivity contribution in [1.29, 1.82) is 0 Å². The largest absolute Gasteiger partial charge is 0.340 e. The van der Waals surface area contributed by atoms with Gasteiger partial charge in [-0.15, -0.1) is 0 Å². The van der Waals surface area contributed by atoms with Crippen LogP contribution in [0.15, 0.2) is 71.7 Å². The molecular formula is C21H17BrN4O2S. The van der Waals surface area contributed by atoms with E-state index in [0.29, 0.717) is 11.4 Å². The summed E-state index contributed by atoms with van der Waals surface area (Å²) >= 11 is 3.47. The first-order chi connectivity index (χ1) is 13.9. The molecule has 29 heavy (non-hydrogen) atoms. The van der Waals surface area contributed by atoms with E-state index in [0.717, 1.165) is 32.2 Å². The number of nitrogens with one attached hydrogen (secondary N) is 1. The predicted octanol–water partition coefficient (Wildman–Crippen LogP) is 4.74. The van der Waals surface area contributed by atoms with Gasteiger partial charge in [0.2, 0.25) is 0 Å². The molecule has 0 saturated carbocycles. The van der Waals surface area contributed by atoms with Gasteiger partial charge in [0.1, 0.15) is 12.1 Å². The standard InChI is InChI=1S/C21H17BrN4O2S/c1-29(27,28)12-14-7-16(11-23-10-14)15-5-6-20-19(8-15)21(25-13-24-20)26-18-4-2-3-17(22)9-18/h2-11,13H,12H2,1H3,(H,24,25,26). The van der Waals surface area contributed by atoms with Crippen molar-refractivity contribution in [2.45, 2.75) is 5.75 Å². The van der Waals surface area contributed by atoms with Crippen molar-refractivity contribution in [3.05, 3.63) is 77.3 Å². The van der Waals surface area contributed by atoms with Crippen LogP contribution in [0.3, 0.4) is 0 Å². The molecule has 2 aromatic heterocycles. The summed E-state index contributed by atoms with van der Waals surface area (Å²) in [4.78, 5) is 13.0. The Morgan fingerprint density at radius 2 is 1.86 bits per heavy atom. The van der Waals surface area contributed by atoms with Crippen LogP contribution < -0.4 is 5.32 Å². The lowest BCUT2D eigenvalue weighted by Gasteiger charge is -2.10. The maximum atomic E-state index is 11.6. The molecule has 0 unspecified atom stereocenters. The minimum atomic E-state index is -3.13. The van der Waals surface area contributed by atoms with E-state index in [1.807, 2.05) is 48.5 Å². The molecule has 6 nitrogen and oxygen atoms in total. The van der Waals surface area contributed by atoms with Gasteiger partial charge in [-0.25, -0.2) is 18.4 Å². The first-order valence-electron chi connectivity index (χ1n) is 8.77. The van der Waals surface area contributed by atoms with Gasteiger partial charge in [-0.2, -0.15) is 0 Å². The highest BCUT2D eigenvalue weighted by Crippen LogP contribution is 2.29. The Balaban J connectivity index is 1.75. The molecule has 0 bridgehead atoms. The highest BCUT2D eigenvalue weighted by molar-refractivity contribution is 9.10. The molecule has 0 aliphatic carbocycles. The van der Waals surface area contributed by atoms with Crippen LogP contribution >= 0.6 is 15.9 Å². The zero-order valence-electron chi connectivity index (χ0n) is 15.5. The summed E-state index contributed by atoms with van der Waals surface area (Å²) < 4.78 is 24.2. The Labute approximate surface area is 177 Å². The van der Waals surface area contributed by atoms with Crippen LogP contribution in [0.2, 0.25) is 0 Å². The van der Waals surface area contributed by atoms with Crippen molar-refractivity contribution in [2.24, 2.45) is 0 Å². The fraction of sp³-hybridized carbons (Fsp3) is 0.0952. The van der Waals surface area contributed by atoms with Crippen LogP contribution in [0.25, 0.3) is 22.0 Å². The molecule has 4 rings (SSSR count). The third-order valence-corrected chi connectivity index (χ3v) is 5.63. The number of nitrogens with zero attached hydrogens (tertiary/aromatic N) is 3. The molecule has 0 amide bonds. The topological polar surface area (TPSA) is 84.8 Å². The lowest BCUT2D eigenvalue weighted by molar-refractivity contribution is 0.601. The van der Waals surface area contributed by atoms with Crippen LogP contribution in [0.5, 0.6) is 0 Å². The Morgan fingerprint density at radius 1 is 1.00 bits per heavy atom. The minimum absolute atomic E-state index is 0.0414. The zero-order valence-corrected chi connectivity index (χ0v) is 17.9. The maximum Gasteiger partial charge on any atom is 0.151 e. The van der Waals surface area contributed by atoms with Crippen LogP contribution in [-0.2, 0) is 15.6 Å². The van der Waals surface area contributed by atoms with Crippen molar-refractivity contribution in [2.75, 3.05) is 11.6 Å². The van der Waals surface area contributed by atoms with Gasteiger partial charge in [0, 0.05) is 39.8 Å². The summed E-state index contributed by atoms with van der Waals surface area (Å²) in [5, 5.41) is 4.19. The molecule has 0 atom stereocenters. The fourth-order valence-electron chi connectivity index (χ4n) is 3.07. The van der Waals surface area contributed by atoms with Gasteiger partial charge in [0.25, 0.3) is 0 Å². The average Bonchev–Trinajstić information content (AvgIpc) is 2.67. The number of pyridine rings is 1. The van der Waals surface area contributed by atoms with Gasteiger partial charge < -0.3 is 5.32 Å². The van der Waals surface area contributed by atoms with E-state index in [9.17, 15) is 8.42 Å². The maximum absolute atomic E-state index is 11.6. The zero-order chi connectivity index (χ0) is 20.4. The van der Waals surface area contributed by atoms with Crippen molar-refractivity contribution >= 4 is 48.2 Å². The third-order valence-electron chi connectivity index (χ3n) is 4.28. The SMILES string of the molecule is CS(=O)(=O)Cc1cncc(-c2ccc3ncnc(Nc4cccc(Br)c4)c3c2)c1. The number of aromatic nitrogens is 3. The molecule has 146 valence electrons. The number of fused-ring (bicyclic) bond motifs is 1. The molecule has 2 aromatic carbocycles. The Bertz CT molecular complexity index is 1310. The molecule has 0 fully saturated rings. The van der Waals surface area contributed by atoms with E-state index < -0.39 is 9.84 Å². The van der Waals surface area contributed by atoms with Crippen LogP contribution in [0, 0.1) is 0 Å². The molecule has 1 N–H and O–H groups in total. The number of rotatable bonds is 5. The van der Waals surface area contributed by atoms with Gasteiger partial charge in [-0.3, -0.25) is 4.98 Å². The van der Waals surface area contributed by atoms with Crippen molar-refractivity contribution < 1.29 is 8.42 Å². The van der Waals surface area contributed by atoms with Crippen LogP contribution in [-0.4, -0.2) is 29.6 Å². The number of benzene rings is 2. The lowest BCUT2D eigenvalue weighted by atomic mass is 10.0. The van der Waals surface area contributed by atoms with E-state index in [1.54, 1.807) is 12.4 Å². The highest BCUT2D eigenvalue weighted by Gasteiger charge is 2.10. The van der Waals surface area contributed by atoms with Crippen LogP contribution in [0.1, 0.15) is 5.56 Å². The molecule has 0 spiro atoms. The minimum Gasteiger partial charge on any atom is -0.340 e. The summed E-state index contributed by atoms with van der Waals surface area (Å²) in [6.45, 7) is 0. The summed E-state index contributed by atoms with van der Waals surface area (Å²) in [5.41, 5.74) is 4.11. The second-order valence-corrected chi connectivity index (χ2v) is 9.80. The quantitative estimate of drug-likeness (QED) is 0.455. The van der Waals surface area contributed by atoms with Gasteiger partial charge >= 0.3 is 0 Å². The number of sulfone groups is 1. The smallest absolute Gasteiger partial charge is 0.151 e. The van der Waals surface area contributed by atoms with Crippen molar-refractivity contribution in [3.63, 3.8) is 0 Å². The van der Waals surface area contributed by atoms with Crippen LogP contribution in [0.4, 0.5) is 11.5 Å². The van der Waals surface area contributed by atoms with E-state index in [2.05, 4.69) is 36.2 Å². The van der Waals surface area contributed by atoms with E-state index in [4.69, 9.17) is 0 Å². The summed E-state index contributed by atoms with van der Waals surface area (Å²) in [6, 6.07) is 15.5. The van der Waals surface area contributed by atoms with Crippen molar-refractivity contribution in [1.82, 2.24) is 15.0 Å². The summed E-state index contributed by atoms with van der Waals surface area (Å²) in [5.74, 6) is 0.649. The van der Waals surface area contributed by atoms with Gasteiger partial charge in [-0.1, -0.05) is 28.1 Å². The normalized spacial score (nSPS) is 11.5. The summed E-state index contributed by atoms with van der Waals surface area (Å²) in [7, 11) is -3.13. The Morgan fingerprint density at radius 3 is 2.66 bits per heavy atom. The number of hydrogen-bond acceptors (Lipinski definition) is 6. The predicted molar refractivity (Wildman–Crippen MR) is 119 cm³/mol. The van der Waals surface area contributed by atoms with Gasteiger partial charge in [0.05, 0.1) is 11.3 Å². The number of hydrogen-bond donors (Lipinski definition) is 1. The van der Waals surface area contributed by atoms with Gasteiger partial charge in [-0.05, 0) is 47.5 Å². The molecule has 2 heterocycles. The first kappa shape index (κ1) is 19.5. The molecule has 8 heteroatoms. The third kappa shape index (κ3) is 4.78. The second kappa shape index (κ2) is 7.88. The Kier molecular flexibility index (Phi) is 5.29. The molecule has 0 aliphatic rings. The van der Waals surface area contributed by atoms with E-state index in [-0.39, 0.29) is 5.75 Å². The summed E-state index contributed by atoms with van der Waals surface area (Å²) in [6.07, 6.45) is 6.04.